The molecule has 1 amide bonds. The van der Waals surface area contributed by atoms with Gasteiger partial charge in [0.1, 0.15) is 0 Å². The number of carbonyl (C=O) groups excluding carboxylic acids is 1. The van der Waals surface area contributed by atoms with Crippen LogP contribution in [0.3, 0.4) is 0 Å². The highest BCUT2D eigenvalue weighted by atomic mass is 35.5. The van der Waals surface area contributed by atoms with E-state index in [1.807, 2.05) is 0 Å². The van der Waals surface area contributed by atoms with Crippen LogP contribution in [0.4, 0.5) is 17.1 Å². The number of benzene rings is 4. The van der Waals surface area contributed by atoms with Gasteiger partial charge in [-0.3, -0.25) is 14.2 Å². The first-order valence-corrected chi connectivity index (χ1v) is 14.3. The first kappa shape index (κ1) is 26.5. The summed E-state index contributed by atoms with van der Waals surface area (Å²) in [6.45, 7) is 0. The predicted molar refractivity (Wildman–Crippen MR) is 145 cm³/mol. The minimum Gasteiger partial charge on any atom is -0.322 e. The second-order valence-electron chi connectivity index (χ2n) is 7.71. The summed E-state index contributed by atoms with van der Waals surface area (Å²) in [6, 6.07) is 23.8. The zero-order chi connectivity index (χ0) is 26.6. The van der Waals surface area contributed by atoms with Crippen LogP contribution in [0.2, 0.25) is 10.0 Å². The van der Waals surface area contributed by atoms with Gasteiger partial charge in [0, 0.05) is 16.3 Å². The maximum Gasteiger partial charge on any atom is 0.261 e. The molecule has 190 valence electrons. The van der Waals surface area contributed by atoms with Gasteiger partial charge in [0.2, 0.25) is 0 Å². The third-order valence-corrected chi connectivity index (χ3v) is 8.35. The largest absolute Gasteiger partial charge is 0.322 e. The summed E-state index contributed by atoms with van der Waals surface area (Å²) < 4.78 is 55.1. The molecule has 37 heavy (non-hydrogen) atoms. The van der Waals surface area contributed by atoms with Crippen molar-refractivity contribution in [1.29, 1.82) is 0 Å². The summed E-state index contributed by atoms with van der Waals surface area (Å²) in [5, 5.41) is 3.06. The molecule has 4 aromatic carbocycles. The van der Waals surface area contributed by atoms with Gasteiger partial charge >= 0.3 is 0 Å². The molecule has 0 bridgehead atoms. The molecule has 0 fully saturated rings. The van der Waals surface area contributed by atoms with Gasteiger partial charge in [-0.05, 0) is 72.8 Å². The van der Waals surface area contributed by atoms with E-state index in [9.17, 15) is 21.6 Å². The van der Waals surface area contributed by atoms with E-state index in [4.69, 9.17) is 23.2 Å². The van der Waals surface area contributed by atoms with Crippen molar-refractivity contribution in [2.45, 2.75) is 9.79 Å². The van der Waals surface area contributed by atoms with Crippen LogP contribution >= 0.6 is 23.2 Å². The van der Waals surface area contributed by atoms with E-state index in [-0.39, 0.29) is 26.1 Å². The van der Waals surface area contributed by atoms with E-state index in [0.717, 1.165) is 0 Å². The lowest BCUT2D eigenvalue weighted by atomic mass is 10.2. The quantitative estimate of drug-likeness (QED) is 0.243. The number of sulfonamides is 2. The molecular formula is C25H19Cl2N3O5S2. The molecular weight excluding hydrogens is 557 g/mol. The standard InChI is InChI=1S/C25H19Cl2N3O5S2/c26-18-5-4-6-20(16-18)29-36(32,33)22-12-10-19(11-13-22)28-25(31)17-9-14-24(23(27)15-17)30-37(34,35)21-7-2-1-3-8-21/h1-16,29-30H,(H,28,31). The lowest BCUT2D eigenvalue weighted by Crippen LogP contribution is -2.15. The van der Waals surface area contributed by atoms with E-state index in [0.29, 0.717) is 16.4 Å². The van der Waals surface area contributed by atoms with Gasteiger partial charge in [0.05, 0.1) is 26.2 Å². The highest BCUT2D eigenvalue weighted by Gasteiger charge is 2.18. The van der Waals surface area contributed by atoms with Crippen molar-refractivity contribution in [3.8, 4) is 0 Å². The van der Waals surface area contributed by atoms with Crippen LogP contribution in [-0.4, -0.2) is 22.7 Å². The average Bonchev–Trinajstić information content (AvgIpc) is 2.86. The van der Waals surface area contributed by atoms with E-state index >= 15 is 0 Å². The van der Waals surface area contributed by atoms with Crippen molar-refractivity contribution in [2.75, 3.05) is 14.8 Å². The molecule has 0 aliphatic carbocycles. The highest BCUT2D eigenvalue weighted by molar-refractivity contribution is 7.93. The Balaban J connectivity index is 1.44. The maximum absolute atomic E-state index is 12.7. The summed E-state index contributed by atoms with van der Waals surface area (Å²) >= 11 is 12.1. The number of anilines is 3. The van der Waals surface area contributed by atoms with Crippen molar-refractivity contribution >= 4 is 66.2 Å². The van der Waals surface area contributed by atoms with Crippen LogP contribution in [0.1, 0.15) is 10.4 Å². The van der Waals surface area contributed by atoms with Gasteiger partial charge in [-0.25, -0.2) is 16.8 Å². The predicted octanol–water partition coefficient (Wildman–Crippen LogP) is 5.85. The zero-order valence-electron chi connectivity index (χ0n) is 18.9. The first-order chi connectivity index (χ1) is 17.5. The molecule has 0 aliphatic heterocycles. The highest BCUT2D eigenvalue weighted by Crippen LogP contribution is 2.27. The SMILES string of the molecule is O=C(Nc1ccc(S(=O)(=O)Nc2cccc(Cl)c2)cc1)c1ccc(NS(=O)(=O)c2ccccc2)c(Cl)c1. The number of amides is 1. The van der Waals surface area contributed by atoms with Crippen LogP contribution in [-0.2, 0) is 20.0 Å². The molecule has 0 aromatic heterocycles. The van der Waals surface area contributed by atoms with E-state index in [1.165, 1.54) is 60.7 Å². The number of hydrogen-bond acceptors (Lipinski definition) is 5. The Labute approximate surface area is 224 Å². The lowest BCUT2D eigenvalue weighted by molar-refractivity contribution is 0.102. The summed E-state index contributed by atoms with van der Waals surface area (Å²) in [4.78, 5) is 12.7. The van der Waals surface area contributed by atoms with E-state index in [2.05, 4.69) is 14.8 Å². The van der Waals surface area contributed by atoms with Crippen molar-refractivity contribution in [1.82, 2.24) is 0 Å². The second-order valence-corrected chi connectivity index (χ2v) is 11.9. The molecule has 0 saturated carbocycles. The van der Waals surface area contributed by atoms with Gasteiger partial charge in [-0.2, -0.15) is 0 Å². The van der Waals surface area contributed by atoms with Crippen molar-refractivity contribution in [2.24, 2.45) is 0 Å². The van der Waals surface area contributed by atoms with Gasteiger partial charge in [0.25, 0.3) is 26.0 Å². The lowest BCUT2D eigenvalue weighted by Gasteiger charge is -2.12. The summed E-state index contributed by atoms with van der Waals surface area (Å²) in [7, 11) is -7.72. The van der Waals surface area contributed by atoms with Gasteiger partial charge in [0.15, 0.2) is 0 Å². The van der Waals surface area contributed by atoms with Crippen LogP contribution in [0.25, 0.3) is 0 Å². The molecule has 4 aromatic rings. The van der Waals surface area contributed by atoms with Crippen molar-refractivity contribution in [3.05, 3.63) is 113 Å². The van der Waals surface area contributed by atoms with Gasteiger partial charge < -0.3 is 5.32 Å². The second kappa shape index (κ2) is 10.8. The maximum atomic E-state index is 12.7. The zero-order valence-corrected chi connectivity index (χ0v) is 22.0. The summed E-state index contributed by atoms with van der Waals surface area (Å²) in [5.41, 5.74) is 0.948. The van der Waals surface area contributed by atoms with Crippen LogP contribution in [0.15, 0.2) is 107 Å². The van der Waals surface area contributed by atoms with Crippen LogP contribution in [0.5, 0.6) is 0 Å². The van der Waals surface area contributed by atoms with Gasteiger partial charge in [-0.1, -0.05) is 47.5 Å². The van der Waals surface area contributed by atoms with Crippen LogP contribution in [0, 0.1) is 0 Å². The molecule has 0 radical (unpaired) electrons. The minimum atomic E-state index is -3.87. The average molecular weight is 576 g/mol. The Morgan fingerprint density at radius 3 is 1.92 bits per heavy atom. The monoisotopic (exact) mass is 575 g/mol. The number of rotatable bonds is 8. The molecule has 0 atom stereocenters. The Hall–Kier alpha value is -3.57. The fourth-order valence-electron chi connectivity index (χ4n) is 3.23. The Kier molecular flexibility index (Phi) is 7.74. The molecule has 0 aliphatic rings. The molecule has 0 spiro atoms. The van der Waals surface area contributed by atoms with Gasteiger partial charge in [-0.15, -0.1) is 0 Å². The third kappa shape index (κ3) is 6.60. The number of hydrogen-bond donors (Lipinski definition) is 3. The fourth-order valence-corrected chi connectivity index (χ4v) is 5.85. The molecule has 0 unspecified atom stereocenters. The molecule has 0 saturated heterocycles. The number of halogens is 2. The van der Waals surface area contributed by atoms with Crippen molar-refractivity contribution < 1.29 is 21.6 Å². The molecule has 8 nitrogen and oxygen atoms in total. The van der Waals surface area contributed by atoms with E-state index in [1.54, 1.807) is 36.4 Å². The normalized spacial score (nSPS) is 11.5. The van der Waals surface area contributed by atoms with E-state index < -0.39 is 26.0 Å². The molecule has 3 N–H and O–H groups in total. The molecule has 12 heteroatoms. The third-order valence-electron chi connectivity index (χ3n) is 5.03. The summed E-state index contributed by atoms with van der Waals surface area (Å²) in [5.74, 6) is -0.521. The van der Waals surface area contributed by atoms with Crippen LogP contribution < -0.4 is 14.8 Å². The smallest absolute Gasteiger partial charge is 0.261 e. The first-order valence-electron chi connectivity index (χ1n) is 10.6. The minimum absolute atomic E-state index is 0.0106. The van der Waals surface area contributed by atoms with Crippen molar-refractivity contribution in [3.63, 3.8) is 0 Å². The Morgan fingerprint density at radius 2 is 1.27 bits per heavy atom. The number of nitrogens with one attached hydrogen (secondary N) is 3. The Bertz CT molecular complexity index is 1660. The summed E-state index contributed by atoms with van der Waals surface area (Å²) in [6.07, 6.45) is 0. The molecule has 0 heterocycles. The molecule has 4 rings (SSSR count). The fraction of sp³-hybridized carbons (Fsp3) is 0. The topological polar surface area (TPSA) is 121 Å². The Morgan fingerprint density at radius 1 is 0.622 bits per heavy atom. The number of carbonyl (C=O) groups is 1.